The number of para-hydroxylation sites is 1. The molecule has 1 amide bonds. The second-order valence-electron chi connectivity index (χ2n) is 7.94. The Morgan fingerprint density at radius 1 is 1.09 bits per heavy atom. The van der Waals surface area contributed by atoms with Crippen molar-refractivity contribution in [3.8, 4) is 28.4 Å². The summed E-state index contributed by atoms with van der Waals surface area (Å²) in [5, 5.41) is 9.94. The van der Waals surface area contributed by atoms with E-state index in [2.05, 4.69) is 16.3 Å². The quantitative estimate of drug-likeness (QED) is 0.381. The van der Waals surface area contributed by atoms with E-state index in [0.717, 1.165) is 5.69 Å². The molecule has 4 aromatic rings. The fourth-order valence-corrected chi connectivity index (χ4v) is 4.68. The number of nitrogens with zero attached hydrogens (tertiary/aromatic N) is 3. The molecule has 2 aromatic heterocycles. The van der Waals surface area contributed by atoms with Crippen molar-refractivity contribution >= 4 is 17.2 Å². The van der Waals surface area contributed by atoms with E-state index in [-0.39, 0.29) is 11.9 Å². The standard InChI is InChI=1S/C26H28N4O3S/c1-29(2)22(24-11-8-14-34-24)16-27-26(31)21-17-30(18-9-6-5-7-10-18)28-25(21)20-15-19(32-3)12-13-23(20)33-4/h5-15,17,22H,16H2,1-4H3,(H,27,31). The summed E-state index contributed by atoms with van der Waals surface area (Å²) in [5.41, 5.74) is 2.52. The number of carbonyl (C=O) groups excluding carboxylic acids is 1. The van der Waals surface area contributed by atoms with Gasteiger partial charge in [0.1, 0.15) is 17.2 Å². The van der Waals surface area contributed by atoms with Crippen LogP contribution in [0.2, 0.25) is 0 Å². The molecule has 0 bridgehead atoms. The number of methoxy groups -OCH3 is 2. The highest BCUT2D eigenvalue weighted by Gasteiger charge is 2.23. The zero-order chi connectivity index (χ0) is 24.1. The number of benzene rings is 2. The number of amides is 1. The lowest BCUT2D eigenvalue weighted by Crippen LogP contribution is -2.34. The smallest absolute Gasteiger partial charge is 0.255 e. The summed E-state index contributed by atoms with van der Waals surface area (Å²) < 4.78 is 12.7. The maximum Gasteiger partial charge on any atom is 0.255 e. The number of ether oxygens (including phenoxy) is 2. The third kappa shape index (κ3) is 4.98. The van der Waals surface area contributed by atoms with Crippen molar-refractivity contribution in [2.24, 2.45) is 0 Å². The van der Waals surface area contributed by atoms with Gasteiger partial charge in [-0.05, 0) is 55.9 Å². The van der Waals surface area contributed by atoms with Crippen LogP contribution in [0.4, 0.5) is 0 Å². The second-order valence-corrected chi connectivity index (χ2v) is 8.92. The zero-order valence-corrected chi connectivity index (χ0v) is 20.5. The Morgan fingerprint density at radius 2 is 1.88 bits per heavy atom. The van der Waals surface area contributed by atoms with Crippen molar-refractivity contribution in [1.82, 2.24) is 20.0 Å². The fraction of sp³-hybridized carbons (Fsp3) is 0.231. The first-order valence-corrected chi connectivity index (χ1v) is 11.7. The van der Waals surface area contributed by atoms with Crippen LogP contribution in [0.5, 0.6) is 11.5 Å². The number of hydrogen-bond donors (Lipinski definition) is 1. The second kappa shape index (κ2) is 10.5. The average Bonchev–Trinajstić information content (AvgIpc) is 3.55. The van der Waals surface area contributed by atoms with Crippen LogP contribution in [-0.4, -0.2) is 55.4 Å². The van der Waals surface area contributed by atoms with Gasteiger partial charge in [0, 0.05) is 23.2 Å². The van der Waals surface area contributed by atoms with Gasteiger partial charge in [-0.15, -0.1) is 11.3 Å². The van der Waals surface area contributed by atoms with Gasteiger partial charge in [-0.1, -0.05) is 24.3 Å². The van der Waals surface area contributed by atoms with Crippen molar-refractivity contribution in [3.05, 3.63) is 82.7 Å². The lowest BCUT2D eigenvalue weighted by molar-refractivity contribution is 0.0943. The van der Waals surface area contributed by atoms with E-state index >= 15 is 0 Å². The Kier molecular flexibility index (Phi) is 7.30. The molecule has 8 heteroatoms. The number of likely N-dealkylation sites (N-methyl/N-ethyl adjacent to an activating group) is 1. The normalized spacial score (nSPS) is 11.9. The number of thiophene rings is 1. The summed E-state index contributed by atoms with van der Waals surface area (Å²) in [6, 6.07) is 19.4. The maximum absolute atomic E-state index is 13.5. The van der Waals surface area contributed by atoms with Gasteiger partial charge in [-0.25, -0.2) is 4.68 Å². The topological polar surface area (TPSA) is 68.6 Å². The van der Waals surface area contributed by atoms with Gasteiger partial charge >= 0.3 is 0 Å². The third-order valence-electron chi connectivity index (χ3n) is 5.59. The summed E-state index contributed by atoms with van der Waals surface area (Å²) in [5.74, 6) is 1.06. The first-order valence-electron chi connectivity index (χ1n) is 10.9. The van der Waals surface area contributed by atoms with Crippen molar-refractivity contribution in [2.45, 2.75) is 6.04 Å². The van der Waals surface area contributed by atoms with Crippen LogP contribution >= 0.6 is 11.3 Å². The highest BCUT2D eigenvalue weighted by atomic mass is 32.1. The number of rotatable bonds is 9. The van der Waals surface area contributed by atoms with Gasteiger partial charge in [0.25, 0.3) is 5.91 Å². The van der Waals surface area contributed by atoms with Crippen LogP contribution in [0.1, 0.15) is 21.3 Å². The molecule has 1 unspecified atom stereocenters. The van der Waals surface area contributed by atoms with Gasteiger partial charge in [0.15, 0.2) is 0 Å². The summed E-state index contributed by atoms with van der Waals surface area (Å²) >= 11 is 1.68. The molecule has 0 aliphatic heterocycles. The van der Waals surface area contributed by atoms with Crippen LogP contribution in [0.15, 0.2) is 72.2 Å². The predicted octanol–water partition coefficient (Wildman–Crippen LogP) is 4.65. The Bertz CT molecular complexity index is 1240. The number of nitrogens with one attached hydrogen (secondary N) is 1. The van der Waals surface area contributed by atoms with Crippen LogP contribution in [-0.2, 0) is 0 Å². The molecular weight excluding hydrogens is 448 g/mol. The zero-order valence-electron chi connectivity index (χ0n) is 19.7. The molecule has 34 heavy (non-hydrogen) atoms. The third-order valence-corrected chi connectivity index (χ3v) is 6.57. The minimum atomic E-state index is -0.203. The summed E-state index contributed by atoms with van der Waals surface area (Å²) in [4.78, 5) is 16.8. The van der Waals surface area contributed by atoms with E-state index in [1.165, 1.54) is 4.88 Å². The maximum atomic E-state index is 13.5. The van der Waals surface area contributed by atoms with Crippen molar-refractivity contribution < 1.29 is 14.3 Å². The lowest BCUT2D eigenvalue weighted by atomic mass is 10.1. The SMILES string of the molecule is COc1ccc(OC)c(-c2nn(-c3ccccc3)cc2C(=O)NCC(c2cccs2)N(C)C)c1. The molecule has 0 saturated carbocycles. The Morgan fingerprint density at radius 3 is 2.53 bits per heavy atom. The Labute approximate surface area is 203 Å². The molecule has 7 nitrogen and oxygen atoms in total. The highest BCUT2D eigenvalue weighted by Crippen LogP contribution is 2.35. The Hall–Kier alpha value is -3.62. The van der Waals surface area contributed by atoms with Crippen molar-refractivity contribution in [2.75, 3.05) is 34.9 Å². The van der Waals surface area contributed by atoms with E-state index in [1.807, 2.05) is 74.1 Å². The first-order chi connectivity index (χ1) is 16.5. The largest absolute Gasteiger partial charge is 0.497 e. The highest BCUT2D eigenvalue weighted by molar-refractivity contribution is 7.10. The Balaban J connectivity index is 1.72. The van der Waals surface area contributed by atoms with E-state index in [4.69, 9.17) is 14.6 Å². The number of aromatic nitrogens is 2. The van der Waals surface area contributed by atoms with E-state index in [0.29, 0.717) is 34.9 Å². The van der Waals surface area contributed by atoms with Crippen LogP contribution in [0.3, 0.4) is 0 Å². The molecule has 0 aliphatic carbocycles. The summed E-state index contributed by atoms with van der Waals surface area (Å²) in [6.07, 6.45) is 1.76. The van der Waals surface area contributed by atoms with E-state index in [9.17, 15) is 4.79 Å². The summed E-state index contributed by atoms with van der Waals surface area (Å²) in [6.45, 7) is 0.470. The molecule has 0 spiro atoms. The van der Waals surface area contributed by atoms with Gasteiger partial charge in [-0.2, -0.15) is 5.10 Å². The molecule has 0 fully saturated rings. The van der Waals surface area contributed by atoms with E-state index < -0.39 is 0 Å². The molecule has 2 aromatic carbocycles. The van der Waals surface area contributed by atoms with Gasteiger partial charge in [0.05, 0.1) is 31.5 Å². The average molecular weight is 477 g/mol. The van der Waals surface area contributed by atoms with Crippen LogP contribution < -0.4 is 14.8 Å². The van der Waals surface area contributed by atoms with Crippen LogP contribution in [0.25, 0.3) is 16.9 Å². The molecule has 1 N–H and O–H groups in total. The lowest BCUT2D eigenvalue weighted by Gasteiger charge is -2.23. The molecule has 4 rings (SSSR count). The molecule has 0 radical (unpaired) electrons. The molecular formula is C26H28N4O3S. The number of carbonyl (C=O) groups is 1. The van der Waals surface area contributed by atoms with Crippen LogP contribution in [0, 0.1) is 0 Å². The summed E-state index contributed by atoms with van der Waals surface area (Å²) in [7, 11) is 7.22. The van der Waals surface area contributed by atoms with E-state index in [1.54, 1.807) is 36.4 Å². The molecule has 176 valence electrons. The molecule has 0 saturated heterocycles. The molecule has 2 heterocycles. The first kappa shape index (κ1) is 23.5. The predicted molar refractivity (Wildman–Crippen MR) is 135 cm³/mol. The minimum absolute atomic E-state index is 0.0722. The molecule has 0 aliphatic rings. The van der Waals surface area contributed by atoms with Gasteiger partial charge in [-0.3, -0.25) is 4.79 Å². The van der Waals surface area contributed by atoms with Crippen molar-refractivity contribution in [3.63, 3.8) is 0 Å². The van der Waals surface area contributed by atoms with Gasteiger partial charge < -0.3 is 19.7 Å². The molecule has 1 atom stereocenters. The van der Waals surface area contributed by atoms with Gasteiger partial charge in [0.2, 0.25) is 0 Å². The minimum Gasteiger partial charge on any atom is -0.497 e. The van der Waals surface area contributed by atoms with Crippen molar-refractivity contribution in [1.29, 1.82) is 0 Å². The fourth-order valence-electron chi connectivity index (χ4n) is 3.75. The number of hydrogen-bond acceptors (Lipinski definition) is 6. The monoisotopic (exact) mass is 476 g/mol.